The van der Waals surface area contributed by atoms with Crippen LogP contribution in [-0.4, -0.2) is 27.9 Å². The van der Waals surface area contributed by atoms with Crippen LogP contribution in [-0.2, 0) is 0 Å². The van der Waals surface area contributed by atoms with Gasteiger partial charge >= 0.3 is 0 Å². The molecule has 1 atom stereocenters. The molecule has 0 aliphatic rings. The lowest BCUT2D eigenvalue weighted by molar-refractivity contribution is 0.171. The van der Waals surface area contributed by atoms with Gasteiger partial charge in [-0.15, -0.1) is 0 Å². The van der Waals surface area contributed by atoms with E-state index < -0.39 is 6.10 Å². The average Bonchev–Trinajstić information content (AvgIpc) is 2.27. The van der Waals surface area contributed by atoms with E-state index in [1.54, 1.807) is 0 Å². The summed E-state index contributed by atoms with van der Waals surface area (Å²) in [4.78, 5) is 0. The van der Waals surface area contributed by atoms with Gasteiger partial charge in [0.1, 0.15) is 11.5 Å². The van der Waals surface area contributed by atoms with E-state index in [1.807, 2.05) is 27.7 Å². The smallest absolute Gasteiger partial charge is 0.119 e. The summed E-state index contributed by atoms with van der Waals surface area (Å²) in [6.45, 7) is 8.35. The van der Waals surface area contributed by atoms with E-state index in [0.717, 1.165) is 0 Å². The predicted molar refractivity (Wildman–Crippen MR) is 69.2 cm³/mol. The van der Waals surface area contributed by atoms with E-state index in [-0.39, 0.29) is 17.5 Å². The number of phenolic OH excluding ortho intramolecular Hbond substituents is 2. The van der Waals surface area contributed by atoms with Gasteiger partial charge in [-0.05, 0) is 17.7 Å². The molecule has 0 fully saturated rings. The molecule has 4 heteroatoms. The second kappa shape index (κ2) is 7.92. The van der Waals surface area contributed by atoms with Gasteiger partial charge in [-0.3, -0.25) is 0 Å². The van der Waals surface area contributed by atoms with Gasteiger partial charge in [0.25, 0.3) is 0 Å². The number of phenols is 2. The topological polar surface area (TPSA) is 72.7 Å². The van der Waals surface area contributed by atoms with E-state index in [0.29, 0.717) is 12.1 Å². The number of rotatable bonds is 4. The van der Waals surface area contributed by atoms with Crippen LogP contribution in [0.2, 0.25) is 0 Å². The summed E-state index contributed by atoms with van der Waals surface area (Å²) in [6, 6.07) is 4.38. The number of aliphatic hydroxyl groups is 1. The molecule has 98 valence electrons. The summed E-state index contributed by atoms with van der Waals surface area (Å²) in [5, 5.41) is 31.3. The Morgan fingerprint density at radius 1 is 1.06 bits per heavy atom. The van der Waals surface area contributed by atoms with Gasteiger partial charge in [-0.2, -0.15) is 0 Å². The van der Waals surface area contributed by atoms with E-state index >= 15 is 0 Å². The Morgan fingerprint density at radius 3 is 1.94 bits per heavy atom. The van der Waals surface area contributed by atoms with E-state index in [9.17, 15) is 15.3 Å². The second-order valence-corrected chi connectivity index (χ2v) is 3.86. The van der Waals surface area contributed by atoms with Crippen LogP contribution in [0.15, 0.2) is 18.2 Å². The predicted octanol–water partition coefficient (Wildman–Crippen LogP) is 2.16. The molecule has 1 unspecified atom stereocenters. The molecule has 0 aliphatic heterocycles. The molecule has 0 amide bonds. The van der Waals surface area contributed by atoms with Gasteiger partial charge in [0, 0.05) is 18.7 Å². The van der Waals surface area contributed by atoms with Gasteiger partial charge in [-0.1, -0.05) is 27.7 Å². The van der Waals surface area contributed by atoms with Crippen LogP contribution in [0.3, 0.4) is 0 Å². The van der Waals surface area contributed by atoms with Crippen LogP contribution in [0, 0.1) is 0 Å². The highest BCUT2D eigenvalue weighted by Gasteiger charge is 2.10. The highest BCUT2D eigenvalue weighted by molar-refractivity contribution is 5.37. The van der Waals surface area contributed by atoms with E-state index in [4.69, 9.17) is 0 Å². The molecule has 0 radical (unpaired) electrons. The monoisotopic (exact) mass is 241 g/mol. The summed E-state index contributed by atoms with van der Waals surface area (Å²) in [7, 11) is 0. The van der Waals surface area contributed by atoms with Crippen LogP contribution in [0.5, 0.6) is 11.5 Å². The summed E-state index contributed by atoms with van der Waals surface area (Å²) >= 11 is 0. The Morgan fingerprint density at radius 2 is 1.53 bits per heavy atom. The van der Waals surface area contributed by atoms with Crippen LogP contribution < -0.4 is 5.32 Å². The maximum absolute atomic E-state index is 9.73. The van der Waals surface area contributed by atoms with Crippen molar-refractivity contribution in [1.82, 2.24) is 5.32 Å². The molecule has 1 rings (SSSR count). The average molecular weight is 241 g/mol. The number of nitrogens with one attached hydrogen (secondary N) is 1. The van der Waals surface area contributed by atoms with Crippen LogP contribution in [0.4, 0.5) is 0 Å². The Balaban J connectivity index is 0.00000121. The van der Waals surface area contributed by atoms with Crippen molar-refractivity contribution < 1.29 is 15.3 Å². The number of hydrogen-bond donors (Lipinski definition) is 4. The second-order valence-electron chi connectivity index (χ2n) is 3.86. The standard InChI is InChI=1S/C11H17NO3.C2H6/c1-7(2)12-6-11(15)8-3-9(13)5-10(14)4-8;1-2/h3-5,7,11-15H,6H2,1-2H3;1-2H3. The van der Waals surface area contributed by atoms with Crippen molar-refractivity contribution >= 4 is 0 Å². The van der Waals surface area contributed by atoms with Crippen molar-refractivity contribution in [2.45, 2.75) is 39.8 Å². The Bertz CT molecular complexity index is 306. The Kier molecular flexibility index (Phi) is 7.34. The third kappa shape index (κ3) is 6.14. The first-order chi connectivity index (χ1) is 7.99. The number of aliphatic hydroxyl groups excluding tert-OH is 1. The fourth-order valence-corrected chi connectivity index (χ4v) is 1.28. The molecule has 0 saturated heterocycles. The zero-order valence-corrected chi connectivity index (χ0v) is 10.9. The van der Waals surface area contributed by atoms with Crippen LogP contribution in [0.25, 0.3) is 0 Å². The fraction of sp³-hybridized carbons (Fsp3) is 0.538. The molecule has 0 aromatic heterocycles. The molecular formula is C13H23NO3. The lowest BCUT2D eigenvalue weighted by Gasteiger charge is -2.14. The van der Waals surface area contributed by atoms with Gasteiger partial charge in [0.15, 0.2) is 0 Å². The van der Waals surface area contributed by atoms with Gasteiger partial charge < -0.3 is 20.6 Å². The Labute approximate surface area is 103 Å². The highest BCUT2D eigenvalue weighted by Crippen LogP contribution is 2.24. The minimum atomic E-state index is -0.731. The van der Waals surface area contributed by atoms with Crippen molar-refractivity contribution in [3.8, 4) is 11.5 Å². The minimum Gasteiger partial charge on any atom is -0.508 e. The maximum atomic E-state index is 9.73. The summed E-state index contributed by atoms with van der Waals surface area (Å²) in [5.41, 5.74) is 0.501. The third-order valence-corrected chi connectivity index (χ3v) is 2.03. The molecule has 4 N–H and O–H groups in total. The van der Waals surface area contributed by atoms with Crippen molar-refractivity contribution in [3.05, 3.63) is 23.8 Å². The Hall–Kier alpha value is -1.26. The number of aromatic hydroxyl groups is 2. The molecule has 1 aromatic rings. The molecule has 1 aromatic carbocycles. The zero-order chi connectivity index (χ0) is 13.4. The summed E-state index contributed by atoms with van der Waals surface area (Å²) < 4.78 is 0. The van der Waals surface area contributed by atoms with E-state index in [1.165, 1.54) is 18.2 Å². The summed E-state index contributed by atoms with van der Waals surface area (Å²) in [5.74, 6) is -0.0952. The lowest BCUT2D eigenvalue weighted by Crippen LogP contribution is -2.27. The largest absolute Gasteiger partial charge is 0.508 e. The van der Waals surface area contributed by atoms with Gasteiger partial charge in [-0.25, -0.2) is 0 Å². The molecule has 0 spiro atoms. The van der Waals surface area contributed by atoms with Crippen molar-refractivity contribution in [2.75, 3.05) is 6.54 Å². The molecule has 0 heterocycles. The first-order valence-corrected chi connectivity index (χ1v) is 5.93. The van der Waals surface area contributed by atoms with Crippen LogP contribution >= 0.6 is 0 Å². The zero-order valence-electron chi connectivity index (χ0n) is 10.9. The molecule has 0 bridgehead atoms. The third-order valence-electron chi connectivity index (χ3n) is 2.03. The summed E-state index contributed by atoms with van der Waals surface area (Å²) in [6.07, 6.45) is -0.731. The van der Waals surface area contributed by atoms with Crippen LogP contribution in [0.1, 0.15) is 39.4 Å². The van der Waals surface area contributed by atoms with Crippen molar-refractivity contribution in [2.24, 2.45) is 0 Å². The first-order valence-electron chi connectivity index (χ1n) is 5.93. The fourth-order valence-electron chi connectivity index (χ4n) is 1.28. The molecule has 0 aliphatic carbocycles. The lowest BCUT2D eigenvalue weighted by atomic mass is 10.1. The quantitative estimate of drug-likeness (QED) is 0.652. The number of hydrogen-bond acceptors (Lipinski definition) is 4. The van der Waals surface area contributed by atoms with Gasteiger partial charge in [0.2, 0.25) is 0 Å². The SMILES string of the molecule is CC.CC(C)NCC(O)c1cc(O)cc(O)c1. The molecule has 0 saturated carbocycles. The molecular weight excluding hydrogens is 218 g/mol. The van der Waals surface area contributed by atoms with E-state index in [2.05, 4.69) is 5.32 Å². The highest BCUT2D eigenvalue weighted by atomic mass is 16.3. The van der Waals surface area contributed by atoms with Crippen molar-refractivity contribution in [3.63, 3.8) is 0 Å². The van der Waals surface area contributed by atoms with Gasteiger partial charge in [0.05, 0.1) is 6.10 Å². The molecule has 17 heavy (non-hydrogen) atoms. The maximum Gasteiger partial charge on any atom is 0.119 e. The number of benzene rings is 1. The van der Waals surface area contributed by atoms with Crippen molar-refractivity contribution in [1.29, 1.82) is 0 Å². The molecule has 4 nitrogen and oxygen atoms in total. The first kappa shape index (κ1) is 15.7. The normalized spacial score (nSPS) is 11.9. The minimum absolute atomic E-state index is 0.0476.